The van der Waals surface area contributed by atoms with Crippen LogP contribution in [0.15, 0.2) is 231 Å². The Bertz CT molecular complexity index is 2830. The number of benzene rings is 9. The van der Waals surface area contributed by atoms with E-state index >= 15 is 0 Å². The average Bonchev–Trinajstić information content (AvgIpc) is 3.61. The molecule has 0 atom stereocenters. The summed E-state index contributed by atoms with van der Waals surface area (Å²) >= 11 is 0. The summed E-state index contributed by atoms with van der Waals surface area (Å²) in [5.74, 6) is 0. The maximum absolute atomic E-state index is 2.41. The Balaban J connectivity index is 1.10. The van der Waals surface area contributed by atoms with E-state index in [4.69, 9.17) is 0 Å². The van der Waals surface area contributed by atoms with E-state index in [1.165, 1.54) is 60.8 Å². The molecular formula is C54H38N2. The lowest BCUT2D eigenvalue weighted by molar-refractivity contribution is 1.18. The zero-order chi connectivity index (χ0) is 37.3. The van der Waals surface area contributed by atoms with Gasteiger partial charge in [0.15, 0.2) is 0 Å². The van der Waals surface area contributed by atoms with Gasteiger partial charge >= 0.3 is 0 Å². The summed E-state index contributed by atoms with van der Waals surface area (Å²) in [5.41, 5.74) is 16.4. The highest BCUT2D eigenvalue weighted by atomic mass is 15.1. The molecule has 0 aliphatic carbocycles. The molecule has 0 unspecified atom stereocenters. The number of fused-ring (bicyclic) bond motifs is 3. The quantitative estimate of drug-likeness (QED) is 0.152. The van der Waals surface area contributed by atoms with Gasteiger partial charge < -0.3 is 9.47 Å². The van der Waals surface area contributed by atoms with Crippen LogP contribution >= 0.6 is 0 Å². The van der Waals surface area contributed by atoms with Gasteiger partial charge in [0, 0.05) is 33.5 Å². The van der Waals surface area contributed by atoms with Gasteiger partial charge in [-0.15, -0.1) is 0 Å². The Morgan fingerprint density at radius 1 is 0.268 bits per heavy atom. The van der Waals surface area contributed by atoms with Crippen molar-refractivity contribution in [2.75, 3.05) is 4.90 Å². The molecule has 1 heterocycles. The zero-order valence-electron chi connectivity index (χ0n) is 30.8. The molecule has 264 valence electrons. The van der Waals surface area contributed by atoms with Crippen LogP contribution < -0.4 is 4.90 Å². The first-order chi connectivity index (χ1) is 27.8. The van der Waals surface area contributed by atoms with Gasteiger partial charge in [0.1, 0.15) is 0 Å². The number of rotatable bonds is 8. The summed E-state index contributed by atoms with van der Waals surface area (Å²) in [5, 5.41) is 2.46. The van der Waals surface area contributed by atoms with E-state index in [0.29, 0.717) is 0 Å². The SMILES string of the molecule is c1ccc(-c2ccc(N(c3ccc(-c4ccccc4)cc3)c3ccc4c5ccccc5n(-c5ccc(-c6ccccc6-c6ccccc6)cc5)c4c3)cc2)cc1. The minimum absolute atomic E-state index is 1.09. The van der Waals surface area contributed by atoms with E-state index < -0.39 is 0 Å². The predicted molar refractivity (Wildman–Crippen MR) is 237 cm³/mol. The molecule has 2 heteroatoms. The second-order valence-electron chi connectivity index (χ2n) is 14.2. The van der Waals surface area contributed by atoms with Crippen molar-refractivity contribution in [3.63, 3.8) is 0 Å². The van der Waals surface area contributed by atoms with Crippen LogP contribution in [0.4, 0.5) is 17.1 Å². The summed E-state index contributed by atoms with van der Waals surface area (Å²) in [6, 6.07) is 83.0. The van der Waals surface area contributed by atoms with Crippen molar-refractivity contribution in [3.8, 4) is 50.2 Å². The molecule has 0 fully saturated rings. The monoisotopic (exact) mass is 714 g/mol. The van der Waals surface area contributed by atoms with Crippen LogP contribution in [0.5, 0.6) is 0 Å². The maximum atomic E-state index is 2.41. The second-order valence-corrected chi connectivity index (χ2v) is 14.2. The highest BCUT2D eigenvalue weighted by molar-refractivity contribution is 6.10. The smallest absolute Gasteiger partial charge is 0.0561 e. The molecule has 0 amide bonds. The van der Waals surface area contributed by atoms with Crippen molar-refractivity contribution < 1.29 is 0 Å². The molecule has 2 nitrogen and oxygen atoms in total. The average molecular weight is 715 g/mol. The second kappa shape index (κ2) is 14.4. The highest BCUT2D eigenvalue weighted by Crippen LogP contribution is 2.41. The Labute approximate surface area is 327 Å². The molecule has 0 bridgehead atoms. The standard InChI is InChI=1S/C54H38N2/c1-4-14-39(15-5-1)41-24-30-45(31-25-41)55(46-32-26-42(27-33-46)40-16-6-2-7-17-40)48-36-37-52-51-22-12-13-23-53(51)56(54(52)38-48)47-34-28-44(29-35-47)50-21-11-10-20-49(50)43-18-8-3-9-19-43/h1-38H. The lowest BCUT2D eigenvalue weighted by Gasteiger charge is -2.26. The minimum Gasteiger partial charge on any atom is -0.310 e. The van der Waals surface area contributed by atoms with Gasteiger partial charge in [-0.3, -0.25) is 0 Å². The molecule has 0 aliphatic rings. The first-order valence-electron chi connectivity index (χ1n) is 19.2. The van der Waals surface area contributed by atoms with Gasteiger partial charge in [-0.05, 0) is 99.1 Å². The van der Waals surface area contributed by atoms with E-state index in [9.17, 15) is 0 Å². The molecule has 9 aromatic carbocycles. The molecule has 0 radical (unpaired) electrons. The van der Waals surface area contributed by atoms with E-state index in [1.807, 2.05) is 0 Å². The molecule has 0 saturated carbocycles. The topological polar surface area (TPSA) is 8.17 Å². The first-order valence-corrected chi connectivity index (χ1v) is 19.2. The Hall–Kier alpha value is -7.42. The summed E-state index contributed by atoms with van der Waals surface area (Å²) in [4.78, 5) is 2.37. The van der Waals surface area contributed by atoms with Crippen LogP contribution in [0.2, 0.25) is 0 Å². The minimum atomic E-state index is 1.09. The van der Waals surface area contributed by atoms with Gasteiger partial charge in [-0.1, -0.05) is 176 Å². The molecule has 10 rings (SSSR count). The van der Waals surface area contributed by atoms with Crippen molar-refractivity contribution in [2.24, 2.45) is 0 Å². The number of anilines is 3. The molecule has 0 aliphatic heterocycles. The van der Waals surface area contributed by atoms with Gasteiger partial charge in [0.2, 0.25) is 0 Å². The van der Waals surface area contributed by atoms with Crippen LogP contribution in [0, 0.1) is 0 Å². The summed E-state index contributed by atoms with van der Waals surface area (Å²) < 4.78 is 2.41. The Morgan fingerprint density at radius 3 is 1.21 bits per heavy atom. The fourth-order valence-corrected chi connectivity index (χ4v) is 8.08. The predicted octanol–water partition coefficient (Wildman–Crippen LogP) is 14.9. The van der Waals surface area contributed by atoms with E-state index in [2.05, 4.69) is 240 Å². The van der Waals surface area contributed by atoms with Crippen LogP contribution in [-0.4, -0.2) is 4.57 Å². The maximum Gasteiger partial charge on any atom is 0.0561 e. The Kier molecular flexibility index (Phi) is 8.55. The van der Waals surface area contributed by atoms with Crippen LogP contribution in [0.25, 0.3) is 72.0 Å². The van der Waals surface area contributed by atoms with Gasteiger partial charge in [-0.2, -0.15) is 0 Å². The third kappa shape index (κ3) is 6.14. The number of aromatic nitrogens is 1. The molecule has 56 heavy (non-hydrogen) atoms. The van der Waals surface area contributed by atoms with Crippen LogP contribution in [0.1, 0.15) is 0 Å². The van der Waals surface area contributed by atoms with Crippen molar-refractivity contribution in [2.45, 2.75) is 0 Å². The molecule has 0 saturated heterocycles. The lowest BCUT2D eigenvalue weighted by atomic mass is 9.94. The van der Waals surface area contributed by atoms with Crippen molar-refractivity contribution in [3.05, 3.63) is 231 Å². The van der Waals surface area contributed by atoms with Crippen LogP contribution in [-0.2, 0) is 0 Å². The molecule has 0 spiro atoms. The number of para-hydroxylation sites is 1. The molecule has 0 N–H and O–H groups in total. The highest BCUT2D eigenvalue weighted by Gasteiger charge is 2.18. The summed E-state index contributed by atoms with van der Waals surface area (Å²) in [6.45, 7) is 0. The van der Waals surface area contributed by atoms with Gasteiger partial charge in [-0.25, -0.2) is 0 Å². The number of hydrogen-bond donors (Lipinski definition) is 0. The molecular weight excluding hydrogens is 677 g/mol. The Morgan fingerprint density at radius 2 is 0.661 bits per heavy atom. The van der Waals surface area contributed by atoms with E-state index in [0.717, 1.165) is 28.3 Å². The fraction of sp³-hybridized carbons (Fsp3) is 0. The van der Waals surface area contributed by atoms with Gasteiger partial charge in [0.25, 0.3) is 0 Å². The summed E-state index contributed by atoms with van der Waals surface area (Å²) in [7, 11) is 0. The molecule has 1 aromatic heterocycles. The molecule has 10 aromatic rings. The number of nitrogens with zero attached hydrogens (tertiary/aromatic N) is 2. The van der Waals surface area contributed by atoms with Crippen molar-refractivity contribution in [1.29, 1.82) is 0 Å². The largest absolute Gasteiger partial charge is 0.310 e. The van der Waals surface area contributed by atoms with Crippen molar-refractivity contribution >= 4 is 38.9 Å². The van der Waals surface area contributed by atoms with E-state index in [1.54, 1.807) is 0 Å². The fourth-order valence-electron chi connectivity index (χ4n) is 8.08. The van der Waals surface area contributed by atoms with E-state index in [-0.39, 0.29) is 0 Å². The third-order valence-corrected chi connectivity index (χ3v) is 10.8. The number of hydrogen-bond acceptors (Lipinski definition) is 1. The first kappa shape index (κ1) is 33.2. The normalized spacial score (nSPS) is 11.2. The van der Waals surface area contributed by atoms with Gasteiger partial charge in [0.05, 0.1) is 11.0 Å². The summed E-state index contributed by atoms with van der Waals surface area (Å²) in [6.07, 6.45) is 0. The third-order valence-electron chi connectivity index (χ3n) is 10.8. The van der Waals surface area contributed by atoms with Crippen LogP contribution in [0.3, 0.4) is 0 Å². The lowest BCUT2D eigenvalue weighted by Crippen LogP contribution is -2.10. The van der Waals surface area contributed by atoms with Crippen molar-refractivity contribution in [1.82, 2.24) is 4.57 Å². The zero-order valence-corrected chi connectivity index (χ0v) is 30.8.